The maximum Gasteiger partial charge on any atom is 0.339 e. The second-order valence-corrected chi connectivity index (χ2v) is 4.12. The van der Waals surface area contributed by atoms with Gasteiger partial charge in [-0.15, -0.1) is 0 Å². The van der Waals surface area contributed by atoms with Crippen molar-refractivity contribution in [2.75, 3.05) is 0 Å². The van der Waals surface area contributed by atoms with Crippen LogP contribution in [0.2, 0.25) is 0 Å². The van der Waals surface area contributed by atoms with Crippen LogP contribution in [-0.4, -0.2) is 16.9 Å². The SMILES string of the molecule is CC(C)C(=O)C(=Cc1ccc(C#N)cc1)C(=O)O. The smallest absolute Gasteiger partial charge is 0.339 e. The second kappa shape index (κ2) is 5.78. The molecule has 4 nitrogen and oxygen atoms in total. The highest BCUT2D eigenvalue weighted by Crippen LogP contribution is 2.13. The quantitative estimate of drug-likeness (QED) is 0.499. The van der Waals surface area contributed by atoms with Crippen LogP contribution in [0, 0.1) is 17.2 Å². The van der Waals surface area contributed by atoms with Gasteiger partial charge in [0.15, 0.2) is 5.78 Å². The summed E-state index contributed by atoms with van der Waals surface area (Å²) in [6.07, 6.45) is 1.33. The lowest BCUT2D eigenvalue weighted by atomic mass is 9.99. The van der Waals surface area contributed by atoms with E-state index in [0.29, 0.717) is 11.1 Å². The van der Waals surface area contributed by atoms with Crippen molar-refractivity contribution in [3.05, 3.63) is 41.0 Å². The topological polar surface area (TPSA) is 78.2 Å². The first-order valence-corrected chi connectivity index (χ1v) is 5.45. The molecule has 0 bridgehead atoms. The molecule has 0 atom stereocenters. The molecule has 0 aliphatic rings. The van der Waals surface area contributed by atoms with Gasteiger partial charge in [-0.1, -0.05) is 26.0 Å². The van der Waals surface area contributed by atoms with E-state index in [2.05, 4.69) is 0 Å². The number of nitriles is 1. The maximum atomic E-state index is 11.7. The summed E-state index contributed by atoms with van der Waals surface area (Å²) in [6.45, 7) is 3.30. The molecule has 0 saturated carbocycles. The third-order valence-corrected chi connectivity index (χ3v) is 2.37. The lowest BCUT2D eigenvalue weighted by Crippen LogP contribution is -2.17. The van der Waals surface area contributed by atoms with Gasteiger partial charge in [0.05, 0.1) is 11.6 Å². The van der Waals surface area contributed by atoms with Crippen LogP contribution in [0.15, 0.2) is 29.8 Å². The van der Waals surface area contributed by atoms with Crippen LogP contribution in [0.4, 0.5) is 0 Å². The highest BCUT2D eigenvalue weighted by molar-refractivity contribution is 6.20. The zero-order valence-corrected chi connectivity index (χ0v) is 10.2. The van der Waals surface area contributed by atoms with Gasteiger partial charge in [0.25, 0.3) is 0 Å². The standard InChI is InChI=1S/C14H13NO3/c1-9(2)13(16)12(14(17)18)7-10-3-5-11(8-15)6-4-10/h3-7,9H,1-2H3,(H,17,18). The number of rotatable bonds is 4. The van der Waals surface area contributed by atoms with Gasteiger partial charge in [-0.2, -0.15) is 5.26 Å². The van der Waals surface area contributed by atoms with E-state index in [1.807, 2.05) is 6.07 Å². The molecule has 0 radical (unpaired) electrons. The number of aliphatic carboxylic acids is 1. The Morgan fingerprint density at radius 3 is 2.22 bits per heavy atom. The zero-order chi connectivity index (χ0) is 13.7. The van der Waals surface area contributed by atoms with E-state index in [1.165, 1.54) is 6.08 Å². The average molecular weight is 243 g/mol. The monoisotopic (exact) mass is 243 g/mol. The molecule has 18 heavy (non-hydrogen) atoms. The zero-order valence-electron chi connectivity index (χ0n) is 10.2. The van der Waals surface area contributed by atoms with Crippen molar-refractivity contribution < 1.29 is 14.7 Å². The van der Waals surface area contributed by atoms with E-state index < -0.39 is 11.8 Å². The van der Waals surface area contributed by atoms with Gasteiger partial charge in [0.2, 0.25) is 0 Å². The summed E-state index contributed by atoms with van der Waals surface area (Å²) in [7, 11) is 0. The van der Waals surface area contributed by atoms with Gasteiger partial charge in [-0.25, -0.2) is 4.79 Å². The first-order chi connectivity index (χ1) is 8.45. The first kappa shape index (κ1) is 13.7. The third-order valence-electron chi connectivity index (χ3n) is 2.37. The fourth-order valence-corrected chi connectivity index (χ4v) is 1.37. The summed E-state index contributed by atoms with van der Waals surface area (Å²) in [5.74, 6) is -2.02. The van der Waals surface area contributed by atoms with Crippen LogP contribution in [-0.2, 0) is 9.59 Å². The first-order valence-electron chi connectivity index (χ1n) is 5.45. The lowest BCUT2D eigenvalue weighted by Gasteiger charge is -2.05. The van der Waals surface area contributed by atoms with Crippen molar-refractivity contribution in [1.82, 2.24) is 0 Å². The number of ketones is 1. The summed E-state index contributed by atoms with van der Waals surface area (Å²) in [5.41, 5.74) is 0.828. The summed E-state index contributed by atoms with van der Waals surface area (Å²) >= 11 is 0. The number of carbonyl (C=O) groups excluding carboxylic acids is 1. The number of benzene rings is 1. The summed E-state index contributed by atoms with van der Waals surface area (Å²) in [6, 6.07) is 8.33. The fraction of sp³-hybridized carbons (Fsp3) is 0.214. The number of Topliss-reactive ketones (excluding diaryl/α,β-unsaturated/α-hetero) is 1. The maximum absolute atomic E-state index is 11.7. The van der Waals surface area contributed by atoms with Gasteiger partial charge < -0.3 is 5.11 Å². The van der Waals surface area contributed by atoms with Crippen LogP contribution in [0.25, 0.3) is 6.08 Å². The van der Waals surface area contributed by atoms with Gasteiger partial charge in [0.1, 0.15) is 5.57 Å². The summed E-state index contributed by atoms with van der Waals surface area (Å²) in [4.78, 5) is 22.7. The second-order valence-electron chi connectivity index (χ2n) is 4.12. The number of hydrogen-bond donors (Lipinski definition) is 1. The highest BCUT2D eigenvalue weighted by Gasteiger charge is 2.19. The molecule has 92 valence electrons. The lowest BCUT2D eigenvalue weighted by molar-refractivity contribution is -0.135. The summed E-state index contributed by atoms with van der Waals surface area (Å²) < 4.78 is 0. The highest BCUT2D eigenvalue weighted by atomic mass is 16.4. The number of nitrogens with zero attached hydrogens (tertiary/aromatic N) is 1. The minimum Gasteiger partial charge on any atom is -0.478 e. The van der Waals surface area contributed by atoms with Gasteiger partial charge in [-0.05, 0) is 23.8 Å². The molecule has 1 N–H and O–H groups in total. The van der Waals surface area contributed by atoms with Crippen molar-refractivity contribution in [2.24, 2.45) is 5.92 Å². The predicted molar refractivity (Wildman–Crippen MR) is 66.6 cm³/mol. The van der Waals surface area contributed by atoms with E-state index in [4.69, 9.17) is 10.4 Å². The van der Waals surface area contributed by atoms with Gasteiger partial charge in [-0.3, -0.25) is 4.79 Å². The molecule has 4 heteroatoms. The number of carboxylic acid groups (broad SMARTS) is 1. The fourth-order valence-electron chi connectivity index (χ4n) is 1.37. The number of carboxylic acids is 1. The Bertz CT molecular complexity index is 533. The molecule has 0 spiro atoms. The molecule has 0 heterocycles. The molecule has 0 aliphatic heterocycles. The Morgan fingerprint density at radius 1 is 1.28 bits per heavy atom. The minimum absolute atomic E-state index is 0.241. The number of hydrogen-bond acceptors (Lipinski definition) is 3. The van der Waals surface area contributed by atoms with Crippen molar-refractivity contribution in [1.29, 1.82) is 5.26 Å². The average Bonchev–Trinajstić information content (AvgIpc) is 2.35. The van der Waals surface area contributed by atoms with Gasteiger partial charge >= 0.3 is 5.97 Å². The largest absolute Gasteiger partial charge is 0.478 e. The van der Waals surface area contributed by atoms with E-state index in [0.717, 1.165) is 0 Å². The molecule has 1 aromatic rings. The minimum atomic E-state index is -1.24. The Labute approximate surface area is 105 Å². The molecule has 1 aromatic carbocycles. The Balaban J connectivity index is 3.13. The molecular weight excluding hydrogens is 230 g/mol. The van der Waals surface area contributed by atoms with Crippen molar-refractivity contribution in [3.8, 4) is 6.07 Å². The van der Waals surface area contributed by atoms with E-state index in [-0.39, 0.29) is 11.5 Å². The Hall–Kier alpha value is -2.41. The molecule has 0 amide bonds. The van der Waals surface area contributed by atoms with Crippen LogP contribution < -0.4 is 0 Å². The third kappa shape index (κ3) is 3.29. The Morgan fingerprint density at radius 2 is 1.83 bits per heavy atom. The molecule has 0 fully saturated rings. The molecule has 1 rings (SSSR count). The predicted octanol–water partition coefficient (Wildman–Crippen LogP) is 2.25. The summed E-state index contributed by atoms with van der Waals surface area (Å²) in [5, 5.41) is 17.7. The van der Waals surface area contributed by atoms with Crippen molar-refractivity contribution in [3.63, 3.8) is 0 Å². The molecule has 0 aromatic heterocycles. The molecule has 0 saturated heterocycles. The molecular formula is C14H13NO3. The van der Waals surface area contributed by atoms with Gasteiger partial charge in [0, 0.05) is 5.92 Å². The van der Waals surface area contributed by atoms with Crippen molar-refractivity contribution in [2.45, 2.75) is 13.8 Å². The van der Waals surface area contributed by atoms with Crippen LogP contribution in [0.5, 0.6) is 0 Å². The van der Waals surface area contributed by atoms with E-state index >= 15 is 0 Å². The van der Waals surface area contributed by atoms with E-state index in [9.17, 15) is 9.59 Å². The van der Waals surface area contributed by atoms with Crippen LogP contribution >= 0.6 is 0 Å². The van der Waals surface area contributed by atoms with Crippen LogP contribution in [0.1, 0.15) is 25.0 Å². The van der Waals surface area contributed by atoms with E-state index in [1.54, 1.807) is 38.1 Å². The number of carbonyl (C=O) groups is 2. The Kier molecular flexibility index (Phi) is 4.39. The van der Waals surface area contributed by atoms with Crippen LogP contribution in [0.3, 0.4) is 0 Å². The van der Waals surface area contributed by atoms with Crippen molar-refractivity contribution >= 4 is 17.8 Å². The normalized spacial score (nSPS) is 11.1. The molecule has 0 unspecified atom stereocenters. The molecule has 0 aliphatic carbocycles.